The van der Waals surface area contributed by atoms with Crippen LogP contribution in [-0.2, 0) is 14.8 Å². The van der Waals surface area contributed by atoms with Gasteiger partial charge in [0.05, 0.1) is 4.90 Å². The van der Waals surface area contributed by atoms with Crippen LogP contribution in [0.3, 0.4) is 0 Å². The zero-order chi connectivity index (χ0) is 16.6. The smallest absolute Gasteiger partial charge is 0.244 e. The van der Waals surface area contributed by atoms with Gasteiger partial charge >= 0.3 is 0 Å². The van der Waals surface area contributed by atoms with Crippen molar-refractivity contribution < 1.29 is 17.6 Å². The minimum absolute atomic E-state index is 0.0128. The van der Waals surface area contributed by atoms with Crippen molar-refractivity contribution in [2.45, 2.75) is 30.2 Å². The highest BCUT2D eigenvalue weighted by atomic mass is 32.2. The minimum atomic E-state index is -3.97. The molecule has 1 aliphatic rings. The second kappa shape index (κ2) is 5.86. The number of carbonyl (C=O) groups is 1. The first-order valence-corrected chi connectivity index (χ1v) is 8.71. The van der Waals surface area contributed by atoms with Gasteiger partial charge in [0.15, 0.2) is 0 Å². The number of nitrogens with two attached hydrogens (primary N) is 1. The summed E-state index contributed by atoms with van der Waals surface area (Å²) in [4.78, 5) is 15.4. The molecule has 1 aliphatic heterocycles. The zero-order valence-electron chi connectivity index (χ0n) is 12.3. The predicted molar refractivity (Wildman–Crippen MR) is 82.4 cm³/mol. The molecular formula is C15H16FN3O3S. The molecule has 0 bridgehead atoms. The van der Waals surface area contributed by atoms with Crippen LogP contribution in [0.2, 0.25) is 0 Å². The van der Waals surface area contributed by atoms with Gasteiger partial charge in [-0.25, -0.2) is 12.8 Å². The van der Waals surface area contributed by atoms with E-state index in [1.54, 1.807) is 6.07 Å². The highest BCUT2D eigenvalue weighted by molar-refractivity contribution is 7.89. The fourth-order valence-electron chi connectivity index (χ4n) is 2.94. The minimum Gasteiger partial charge on any atom is -0.368 e. The molecule has 1 saturated heterocycles. The van der Waals surface area contributed by atoms with E-state index in [1.807, 2.05) is 0 Å². The van der Waals surface area contributed by atoms with E-state index in [1.165, 1.54) is 18.3 Å². The summed E-state index contributed by atoms with van der Waals surface area (Å²) in [5, 5.41) is 0.196. The van der Waals surface area contributed by atoms with Crippen LogP contribution >= 0.6 is 0 Å². The van der Waals surface area contributed by atoms with Gasteiger partial charge in [-0.05, 0) is 37.1 Å². The first-order valence-electron chi connectivity index (χ1n) is 7.27. The van der Waals surface area contributed by atoms with Crippen LogP contribution in [0.1, 0.15) is 19.3 Å². The number of piperidine rings is 1. The molecule has 6 nitrogen and oxygen atoms in total. The van der Waals surface area contributed by atoms with Crippen LogP contribution < -0.4 is 5.73 Å². The Morgan fingerprint density at radius 3 is 2.83 bits per heavy atom. The van der Waals surface area contributed by atoms with Crippen LogP contribution in [0.25, 0.3) is 10.9 Å². The van der Waals surface area contributed by atoms with E-state index < -0.39 is 27.8 Å². The molecule has 2 aromatic rings. The summed E-state index contributed by atoms with van der Waals surface area (Å²) >= 11 is 0. The van der Waals surface area contributed by atoms with Crippen molar-refractivity contribution in [1.82, 2.24) is 9.29 Å². The summed E-state index contributed by atoms with van der Waals surface area (Å²) in [5.74, 6) is -1.26. The van der Waals surface area contributed by atoms with Gasteiger partial charge in [-0.2, -0.15) is 4.31 Å². The van der Waals surface area contributed by atoms with Crippen molar-refractivity contribution in [2.75, 3.05) is 6.54 Å². The Hall–Kier alpha value is -2.06. The van der Waals surface area contributed by atoms with Gasteiger partial charge in [-0.15, -0.1) is 0 Å². The molecule has 1 aromatic carbocycles. The lowest BCUT2D eigenvalue weighted by atomic mass is 10.0. The molecule has 23 heavy (non-hydrogen) atoms. The number of pyridine rings is 1. The topological polar surface area (TPSA) is 93.4 Å². The third-order valence-electron chi connectivity index (χ3n) is 4.05. The molecule has 0 radical (unpaired) electrons. The molecule has 122 valence electrons. The average molecular weight is 337 g/mol. The average Bonchev–Trinajstić information content (AvgIpc) is 2.55. The van der Waals surface area contributed by atoms with Crippen molar-refractivity contribution in [2.24, 2.45) is 5.73 Å². The fraction of sp³-hybridized carbons (Fsp3) is 0.333. The normalized spacial score (nSPS) is 19.8. The highest BCUT2D eigenvalue weighted by Gasteiger charge is 2.37. The van der Waals surface area contributed by atoms with Gasteiger partial charge in [0, 0.05) is 18.1 Å². The summed E-state index contributed by atoms with van der Waals surface area (Å²) in [7, 11) is -3.97. The number of halogens is 1. The number of nitrogens with zero attached hydrogens (tertiary/aromatic N) is 2. The van der Waals surface area contributed by atoms with Crippen molar-refractivity contribution in [1.29, 1.82) is 0 Å². The largest absolute Gasteiger partial charge is 0.368 e. The lowest BCUT2D eigenvalue weighted by molar-refractivity contribution is -0.122. The maximum Gasteiger partial charge on any atom is 0.244 e. The van der Waals surface area contributed by atoms with Crippen LogP contribution in [0.5, 0.6) is 0 Å². The van der Waals surface area contributed by atoms with Crippen molar-refractivity contribution in [3.05, 3.63) is 36.3 Å². The molecule has 2 heterocycles. The number of hydrogen-bond donors (Lipinski definition) is 1. The molecule has 1 atom stereocenters. The quantitative estimate of drug-likeness (QED) is 0.916. The summed E-state index contributed by atoms with van der Waals surface area (Å²) in [6.07, 6.45) is 3.19. The van der Waals surface area contributed by atoms with Crippen LogP contribution in [0.4, 0.5) is 4.39 Å². The predicted octanol–water partition coefficient (Wildman–Crippen LogP) is 1.40. The Kier molecular flexibility index (Phi) is 4.03. The first kappa shape index (κ1) is 15.8. The summed E-state index contributed by atoms with van der Waals surface area (Å²) < 4.78 is 41.0. The van der Waals surface area contributed by atoms with Crippen molar-refractivity contribution >= 4 is 26.8 Å². The van der Waals surface area contributed by atoms with Gasteiger partial charge in [0.2, 0.25) is 15.9 Å². The molecule has 0 spiro atoms. The van der Waals surface area contributed by atoms with Crippen LogP contribution in [0.15, 0.2) is 35.4 Å². The summed E-state index contributed by atoms with van der Waals surface area (Å²) in [5.41, 5.74) is 5.34. The number of fused-ring (bicyclic) bond motifs is 1. The Morgan fingerprint density at radius 1 is 1.30 bits per heavy atom. The maximum absolute atomic E-state index is 13.9. The number of primary amides is 1. The number of sulfonamides is 1. The Balaban J connectivity index is 2.17. The second-order valence-electron chi connectivity index (χ2n) is 5.47. The molecule has 0 saturated carbocycles. The number of amides is 1. The van der Waals surface area contributed by atoms with Gasteiger partial charge in [-0.1, -0.05) is 6.42 Å². The van der Waals surface area contributed by atoms with E-state index in [9.17, 15) is 17.6 Å². The van der Waals surface area contributed by atoms with E-state index in [2.05, 4.69) is 4.98 Å². The number of aromatic nitrogens is 1. The van der Waals surface area contributed by atoms with Crippen LogP contribution in [-0.4, -0.2) is 36.2 Å². The lowest BCUT2D eigenvalue weighted by Crippen LogP contribution is -2.50. The molecule has 1 amide bonds. The molecule has 0 aliphatic carbocycles. The fourth-order valence-corrected chi connectivity index (χ4v) is 4.79. The molecule has 2 N–H and O–H groups in total. The van der Waals surface area contributed by atoms with Gasteiger partial charge in [0.1, 0.15) is 17.4 Å². The summed E-state index contributed by atoms with van der Waals surface area (Å²) in [6, 6.07) is 4.46. The zero-order valence-corrected chi connectivity index (χ0v) is 13.1. The van der Waals surface area contributed by atoms with E-state index in [0.717, 1.165) is 16.8 Å². The highest BCUT2D eigenvalue weighted by Crippen LogP contribution is 2.30. The monoisotopic (exact) mass is 337 g/mol. The third kappa shape index (κ3) is 2.68. The summed E-state index contributed by atoms with van der Waals surface area (Å²) in [6.45, 7) is 0.217. The Bertz CT molecular complexity index is 869. The molecule has 1 aromatic heterocycles. The molecule has 3 rings (SSSR count). The number of benzene rings is 1. The van der Waals surface area contributed by atoms with E-state index in [0.29, 0.717) is 12.8 Å². The molecular weight excluding hydrogens is 321 g/mol. The SMILES string of the molecule is NC(=O)[C@@H]1CCCCN1S(=O)(=O)c1ccc(F)c2ncccc12. The number of rotatable bonds is 3. The second-order valence-corrected chi connectivity index (χ2v) is 7.33. The van der Waals surface area contributed by atoms with Gasteiger partial charge in [0.25, 0.3) is 0 Å². The molecule has 0 unspecified atom stereocenters. The van der Waals surface area contributed by atoms with Crippen LogP contribution in [0, 0.1) is 5.82 Å². The van der Waals surface area contributed by atoms with E-state index in [4.69, 9.17) is 5.73 Å². The van der Waals surface area contributed by atoms with E-state index in [-0.39, 0.29) is 22.3 Å². The Morgan fingerprint density at radius 2 is 2.09 bits per heavy atom. The third-order valence-corrected chi connectivity index (χ3v) is 6.02. The number of hydrogen-bond acceptors (Lipinski definition) is 4. The molecule has 1 fully saturated rings. The van der Waals surface area contributed by atoms with Crippen molar-refractivity contribution in [3.8, 4) is 0 Å². The maximum atomic E-state index is 13.9. The first-order chi connectivity index (χ1) is 10.9. The number of carbonyl (C=O) groups excluding carboxylic acids is 1. The lowest BCUT2D eigenvalue weighted by Gasteiger charge is -2.32. The van der Waals surface area contributed by atoms with Gasteiger partial charge < -0.3 is 5.73 Å². The van der Waals surface area contributed by atoms with Gasteiger partial charge in [-0.3, -0.25) is 9.78 Å². The molecule has 8 heteroatoms. The standard InChI is InChI=1S/C15H16FN3O3S/c16-11-6-7-13(10-4-3-8-18-14(10)11)23(21,22)19-9-2-1-5-12(19)15(17)20/h3-4,6-8,12H,1-2,5,9H2,(H2,17,20)/t12-/m0/s1. The van der Waals surface area contributed by atoms with Crippen molar-refractivity contribution in [3.63, 3.8) is 0 Å². The van der Waals surface area contributed by atoms with E-state index >= 15 is 0 Å². The Labute approximate surface area is 133 Å².